The number of rotatable bonds is 7. The van der Waals surface area contributed by atoms with Gasteiger partial charge in [0.05, 0.1) is 0 Å². The van der Waals surface area contributed by atoms with Crippen LogP contribution in [0.1, 0.15) is 11.1 Å². The van der Waals surface area contributed by atoms with Crippen LogP contribution in [-0.2, 0) is 0 Å². The van der Waals surface area contributed by atoms with Crippen LogP contribution in [0.4, 0.5) is 0 Å². The third-order valence-electron chi connectivity index (χ3n) is 14.7. The zero-order valence-corrected chi connectivity index (χ0v) is 37.4. The molecule has 10 aromatic rings. The Morgan fingerprint density at radius 2 is 0.750 bits per heavy atom. The van der Waals surface area contributed by atoms with Crippen molar-refractivity contribution in [3.8, 4) is 100 Å². The fourth-order valence-corrected chi connectivity index (χ4v) is 11.4. The van der Waals surface area contributed by atoms with E-state index in [0.717, 1.165) is 13.1 Å². The van der Waals surface area contributed by atoms with Crippen molar-refractivity contribution in [2.24, 2.45) is 0 Å². The van der Waals surface area contributed by atoms with Crippen LogP contribution in [0.15, 0.2) is 231 Å². The highest BCUT2D eigenvalue weighted by molar-refractivity contribution is 6.20. The van der Waals surface area contributed by atoms with Gasteiger partial charge in [-0.25, -0.2) is 0 Å². The molecule has 0 spiro atoms. The number of benzene rings is 10. The zero-order valence-electron chi connectivity index (χ0n) is 37.4. The van der Waals surface area contributed by atoms with Crippen molar-refractivity contribution in [3.63, 3.8) is 0 Å². The number of dihydropyridines is 2. The number of hydrogen-bond acceptors (Lipinski definition) is 2. The van der Waals surface area contributed by atoms with E-state index in [1.54, 1.807) is 0 Å². The number of fused-ring (bicyclic) bond motifs is 6. The van der Waals surface area contributed by atoms with Crippen molar-refractivity contribution in [2.45, 2.75) is 0 Å². The minimum atomic E-state index is 0.825. The van der Waals surface area contributed by atoms with Crippen LogP contribution in [-0.4, -0.2) is 13.1 Å². The molecule has 0 aromatic heterocycles. The van der Waals surface area contributed by atoms with E-state index in [1.165, 1.54) is 144 Å². The first-order valence-electron chi connectivity index (χ1n) is 23.7. The SMILES string of the molecule is C1=CNCC(c2ccc(-c3cc(-c4ccc(C5=CNCC=C5)cc4)cc(-c4cc(-c5ccc6c7c(cccc57)-c5ccccc5-6)cc(-c5ccc6c7c(cccc57)-c5ccccc5-6)c4)c3)cc2)=C1. The fourth-order valence-electron chi connectivity index (χ4n) is 11.4. The van der Waals surface area contributed by atoms with E-state index in [4.69, 9.17) is 0 Å². The molecular weight excluding hydrogens is 821 g/mol. The zero-order chi connectivity index (χ0) is 44.7. The number of hydrogen-bond donors (Lipinski definition) is 2. The maximum atomic E-state index is 3.37. The van der Waals surface area contributed by atoms with Crippen molar-refractivity contribution in [1.29, 1.82) is 0 Å². The smallest absolute Gasteiger partial charge is 0.0401 e. The molecule has 0 radical (unpaired) electrons. The van der Waals surface area contributed by atoms with Gasteiger partial charge in [-0.05, 0) is 193 Å². The summed E-state index contributed by atoms with van der Waals surface area (Å²) in [6.07, 6.45) is 12.8. The lowest BCUT2D eigenvalue weighted by atomic mass is 9.86. The van der Waals surface area contributed by atoms with E-state index in [0.29, 0.717) is 0 Å². The van der Waals surface area contributed by atoms with Crippen molar-refractivity contribution < 1.29 is 0 Å². The monoisotopic (exact) mass is 864 g/mol. The first kappa shape index (κ1) is 38.5. The lowest BCUT2D eigenvalue weighted by Crippen LogP contribution is -2.11. The Kier molecular flexibility index (Phi) is 8.75. The standard InChI is InChI=1S/C66H44N2/c1-3-13-57-55(11-1)61-17-5-15-59-53(27-29-63(57)65(59)61)51-36-50(37-52(38-51)54-28-30-64-58-14-4-2-12-56(58)62-18-6-16-60(54)66(62)64)49-34-47(43-23-19-41(20-24-43)45-9-7-31-67-39-45)33-48(35-49)44-25-21-42(22-26-44)46-10-8-32-68-40-46/h1-31,33-38,40,67-68H,32,39H2. The second-order valence-corrected chi connectivity index (χ2v) is 18.5. The largest absolute Gasteiger partial charge is 0.387 e. The topological polar surface area (TPSA) is 24.1 Å². The summed E-state index contributed by atoms with van der Waals surface area (Å²) < 4.78 is 0. The fraction of sp³-hybridized carbons (Fsp3) is 0.0303. The predicted molar refractivity (Wildman–Crippen MR) is 288 cm³/mol. The summed E-state index contributed by atoms with van der Waals surface area (Å²) in [5.41, 5.74) is 27.4. The van der Waals surface area contributed by atoms with E-state index in [2.05, 4.69) is 235 Å². The summed E-state index contributed by atoms with van der Waals surface area (Å²) in [5.74, 6) is 0. The Morgan fingerprint density at radius 3 is 1.24 bits per heavy atom. The molecule has 2 aliphatic heterocycles. The summed E-state index contributed by atoms with van der Waals surface area (Å²) in [4.78, 5) is 0. The summed E-state index contributed by atoms with van der Waals surface area (Å²) in [7, 11) is 0. The number of nitrogens with one attached hydrogen (secondary N) is 2. The normalized spacial score (nSPS) is 13.8. The summed E-state index contributed by atoms with van der Waals surface area (Å²) >= 11 is 0. The molecule has 0 unspecified atom stereocenters. The second kappa shape index (κ2) is 15.4. The lowest BCUT2D eigenvalue weighted by Gasteiger charge is -2.17. The highest BCUT2D eigenvalue weighted by atomic mass is 14.8. The highest BCUT2D eigenvalue weighted by Gasteiger charge is 2.25. The Hall–Kier alpha value is -8.72. The molecule has 4 aliphatic rings. The Labute approximate surface area is 396 Å². The first-order chi connectivity index (χ1) is 33.7. The quantitative estimate of drug-likeness (QED) is 0.167. The third kappa shape index (κ3) is 6.18. The van der Waals surface area contributed by atoms with Crippen LogP contribution < -0.4 is 10.6 Å². The van der Waals surface area contributed by atoms with Crippen LogP contribution in [0.5, 0.6) is 0 Å². The minimum absolute atomic E-state index is 0.825. The molecule has 318 valence electrons. The van der Waals surface area contributed by atoms with Gasteiger partial charge in [-0.1, -0.05) is 176 Å². The molecule has 2 N–H and O–H groups in total. The minimum Gasteiger partial charge on any atom is -0.387 e. The van der Waals surface area contributed by atoms with Gasteiger partial charge in [0, 0.05) is 19.3 Å². The maximum Gasteiger partial charge on any atom is 0.0401 e. The Morgan fingerprint density at radius 1 is 0.324 bits per heavy atom. The highest BCUT2D eigenvalue weighted by Crippen LogP contribution is 2.52. The Balaban J connectivity index is 0.987. The summed E-state index contributed by atoms with van der Waals surface area (Å²) in [5, 5.41) is 12.0. The molecule has 0 saturated carbocycles. The van der Waals surface area contributed by atoms with E-state index < -0.39 is 0 Å². The Bertz CT molecular complexity index is 3670. The van der Waals surface area contributed by atoms with Crippen molar-refractivity contribution in [1.82, 2.24) is 10.6 Å². The summed E-state index contributed by atoms with van der Waals surface area (Å²) in [6, 6.07) is 73.5. The van der Waals surface area contributed by atoms with Crippen molar-refractivity contribution in [2.75, 3.05) is 13.1 Å². The number of allylic oxidation sites excluding steroid dienone is 4. The van der Waals surface area contributed by atoms with Gasteiger partial charge >= 0.3 is 0 Å². The van der Waals surface area contributed by atoms with Crippen molar-refractivity contribution >= 4 is 32.7 Å². The van der Waals surface area contributed by atoms with Gasteiger partial charge in [-0.2, -0.15) is 0 Å². The van der Waals surface area contributed by atoms with Crippen LogP contribution in [0.3, 0.4) is 0 Å². The van der Waals surface area contributed by atoms with Gasteiger partial charge in [0.25, 0.3) is 0 Å². The van der Waals surface area contributed by atoms with Crippen LogP contribution in [0, 0.1) is 0 Å². The third-order valence-corrected chi connectivity index (χ3v) is 14.7. The maximum absolute atomic E-state index is 3.37. The van der Waals surface area contributed by atoms with Crippen LogP contribution in [0.25, 0.3) is 133 Å². The molecule has 2 heteroatoms. The van der Waals surface area contributed by atoms with Gasteiger partial charge in [-0.3, -0.25) is 0 Å². The molecule has 2 heterocycles. The van der Waals surface area contributed by atoms with Gasteiger partial charge in [-0.15, -0.1) is 0 Å². The van der Waals surface area contributed by atoms with Gasteiger partial charge in [0.15, 0.2) is 0 Å². The summed E-state index contributed by atoms with van der Waals surface area (Å²) in [6.45, 7) is 1.69. The van der Waals surface area contributed by atoms with Gasteiger partial charge < -0.3 is 10.6 Å². The average Bonchev–Trinajstić information content (AvgIpc) is 3.93. The van der Waals surface area contributed by atoms with Crippen LogP contribution in [0.2, 0.25) is 0 Å². The van der Waals surface area contributed by atoms with Gasteiger partial charge in [0.1, 0.15) is 0 Å². The van der Waals surface area contributed by atoms with Crippen molar-refractivity contribution in [3.05, 3.63) is 242 Å². The van der Waals surface area contributed by atoms with Gasteiger partial charge in [0.2, 0.25) is 0 Å². The van der Waals surface area contributed by atoms with E-state index in [1.807, 2.05) is 6.20 Å². The van der Waals surface area contributed by atoms with Crippen LogP contribution >= 0.6 is 0 Å². The first-order valence-corrected chi connectivity index (χ1v) is 23.7. The van der Waals surface area contributed by atoms with E-state index in [9.17, 15) is 0 Å². The molecule has 10 aromatic carbocycles. The molecule has 2 nitrogen and oxygen atoms in total. The van der Waals surface area contributed by atoms with E-state index >= 15 is 0 Å². The van der Waals surface area contributed by atoms with E-state index in [-0.39, 0.29) is 0 Å². The second-order valence-electron chi connectivity index (χ2n) is 18.5. The molecule has 0 fully saturated rings. The average molecular weight is 865 g/mol. The molecule has 0 saturated heterocycles. The molecule has 0 atom stereocenters. The molecule has 14 rings (SSSR count). The molecule has 68 heavy (non-hydrogen) atoms. The molecular formula is C66H44N2. The molecule has 2 aliphatic carbocycles. The molecule has 0 amide bonds. The predicted octanol–water partition coefficient (Wildman–Crippen LogP) is 16.6. The lowest BCUT2D eigenvalue weighted by molar-refractivity contribution is 0.976. The molecule has 0 bridgehead atoms.